The van der Waals surface area contributed by atoms with Gasteiger partial charge in [-0.2, -0.15) is 0 Å². The van der Waals surface area contributed by atoms with E-state index in [4.69, 9.17) is 20.3 Å². The highest BCUT2D eigenvalue weighted by Crippen LogP contribution is 2.23. The van der Waals surface area contributed by atoms with Crippen molar-refractivity contribution in [2.45, 2.75) is 32.6 Å². The number of anilines is 1. The maximum absolute atomic E-state index is 11.7. The van der Waals surface area contributed by atoms with Gasteiger partial charge in [0.1, 0.15) is 5.75 Å². The number of nitrogens with two attached hydrogens (primary N) is 1. The largest absolute Gasteiger partial charge is 0.491 e. The number of carbonyl (C=O) groups is 1. The number of nitrogens with one attached hydrogen (secondary N) is 1. The Kier molecular flexibility index (Phi) is 9.83. The molecular formula is C17H28N2O4. The fourth-order valence-corrected chi connectivity index (χ4v) is 1.99. The van der Waals surface area contributed by atoms with E-state index in [9.17, 15) is 4.79 Å². The smallest absolute Gasteiger partial charge is 0.220 e. The SMILES string of the molecule is CCCCOc1ccc(CCC(=O)NCCOCCO)cc1N. The van der Waals surface area contributed by atoms with Gasteiger partial charge in [0.15, 0.2) is 0 Å². The molecule has 23 heavy (non-hydrogen) atoms. The third-order valence-corrected chi connectivity index (χ3v) is 3.27. The van der Waals surface area contributed by atoms with Crippen LogP contribution in [0.25, 0.3) is 0 Å². The summed E-state index contributed by atoms with van der Waals surface area (Å²) in [6.07, 6.45) is 3.11. The molecule has 0 aliphatic rings. The monoisotopic (exact) mass is 324 g/mol. The second-order valence-corrected chi connectivity index (χ2v) is 5.26. The minimum atomic E-state index is -0.0283. The Morgan fingerprint density at radius 3 is 2.83 bits per heavy atom. The van der Waals surface area contributed by atoms with Crippen LogP contribution >= 0.6 is 0 Å². The van der Waals surface area contributed by atoms with Crippen LogP contribution in [0.2, 0.25) is 0 Å². The highest BCUT2D eigenvalue weighted by Gasteiger charge is 2.05. The molecule has 0 atom stereocenters. The number of aliphatic hydroxyl groups is 1. The van der Waals surface area contributed by atoms with E-state index in [1.165, 1.54) is 0 Å². The molecule has 0 aromatic heterocycles. The molecule has 0 heterocycles. The van der Waals surface area contributed by atoms with Crippen LogP contribution < -0.4 is 15.8 Å². The van der Waals surface area contributed by atoms with Gasteiger partial charge in [0, 0.05) is 13.0 Å². The lowest BCUT2D eigenvalue weighted by molar-refractivity contribution is -0.121. The van der Waals surface area contributed by atoms with Gasteiger partial charge in [0.2, 0.25) is 5.91 Å². The van der Waals surface area contributed by atoms with Gasteiger partial charge >= 0.3 is 0 Å². The summed E-state index contributed by atoms with van der Waals surface area (Å²) < 4.78 is 10.7. The van der Waals surface area contributed by atoms with Gasteiger partial charge in [-0.3, -0.25) is 4.79 Å². The van der Waals surface area contributed by atoms with Crippen molar-refractivity contribution in [3.05, 3.63) is 23.8 Å². The molecule has 1 rings (SSSR count). The Morgan fingerprint density at radius 2 is 2.13 bits per heavy atom. The van der Waals surface area contributed by atoms with Crippen LogP contribution in [0.1, 0.15) is 31.7 Å². The molecule has 130 valence electrons. The van der Waals surface area contributed by atoms with Crippen LogP contribution in [0.4, 0.5) is 5.69 Å². The van der Waals surface area contributed by atoms with Crippen molar-refractivity contribution < 1.29 is 19.4 Å². The molecule has 0 radical (unpaired) electrons. The van der Waals surface area contributed by atoms with Crippen LogP contribution in [-0.4, -0.2) is 44.0 Å². The first-order valence-corrected chi connectivity index (χ1v) is 8.13. The zero-order valence-electron chi connectivity index (χ0n) is 13.8. The molecule has 6 nitrogen and oxygen atoms in total. The molecule has 1 aromatic carbocycles. The molecule has 4 N–H and O–H groups in total. The maximum atomic E-state index is 11.7. The second kappa shape index (κ2) is 11.7. The van der Waals surface area contributed by atoms with Crippen LogP contribution in [0.15, 0.2) is 18.2 Å². The maximum Gasteiger partial charge on any atom is 0.220 e. The average molecular weight is 324 g/mol. The molecule has 0 saturated carbocycles. The van der Waals surface area contributed by atoms with Gasteiger partial charge in [-0.1, -0.05) is 19.4 Å². The lowest BCUT2D eigenvalue weighted by Gasteiger charge is -2.10. The molecule has 1 aromatic rings. The Balaban J connectivity index is 2.28. The molecule has 0 aliphatic heterocycles. The zero-order valence-corrected chi connectivity index (χ0v) is 13.8. The quantitative estimate of drug-likeness (QED) is 0.400. The van der Waals surface area contributed by atoms with Crippen molar-refractivity contribution in [2.24, 2.45) is 0 Å². The second-order valence-electron chi connectivity index (χ2n) is 5.26. The van der Waals surface area contributed by atoms with Gasteiger partial charge in [-0.15, -0.1) is 0 Å². The summed E-state index contributed by atoms with van der Waals surface area (Å²) in [5.41, 5.74) is 7.59. The van der Waals surface area contributed by atoms with E-state index in [2.05, 4.69) is 12.2 Å². The number of carbonyl (C=O) groups excluding carboxylic acids is 1. The van der Waals surface area contributed by atoms with E-state index in [-0.39, 0.29) is 12.5 Å². The highest BCUT2D eigenvalue weighted by atomic mass is 16.5. The Labute approximate surface area is 138 Å². The van der Waals surface area contributed by atoms with E-state index in [1.54, 1.807) is 0 Å². The van der Waals surface area contributed by atoms with Crippen LogP contribution in [0, 0.1) is 0 Å². The van der Waals surface area contributed by atoms with E-state index in [0.29, 0.717) is 50.6 Å². The first-order chi connectivity index (χ1) is 11.2. The highest BCUT2D eigenvalue weighted by molar-refractivity contribution is 5.76. The fourth-order valence-electron chi connectivity index (χ4n) is 1.99. The van der Waals surface area contributed by atoms with Crippen molar-refractivity contribution in [3.8, 4) is 5.75 Å². The van der Waals surface area contributed by atoms with Gasteiger partial charge < -0.3 is 25.6 Å². The number of aliphatic hydroxyl groups excluding tert-OH is 1. The Morgan fingerprint density at radius 1 is 1.30 bits per heavy atom. The minimum Gasteiger partial charge on any atom is -0.491 e. The third-order valence-electron chi connectivity index (χ3n) is 3.27. The van der Waals surface area contributed by atoms with Crippen LogP contribution in [0.5, 0.6) is 5.75 Å². The predicted octanol–water partition coefficient (Wildman–Crippen LogP) is 1.51. The van der Waals surface area contributed by atoms with Gasteiger partial charge in [-0.25, -0.2) is 0 Å². The number of ether oxygens (including phenoxy) is 2. The van der Waals surface area contributed by atoms with Gasteiger partial charge in [0.05, 0.1) is 32.1 Å². The normalized spacial score (nSPS) is 10.5. The zero-order chi connectivity index (χ0) is 16.9. The number of nitrogen functional groups attached to an aromatic ring is 1. The van der Waals surface area contributed by atoms with Gasteiger partial charge in [-0.05, 0) is 30.5 Å². The molecule has 0 bridgehead atoms. The molecule has 6 heteroatoms. The third kappa shape index (κ3) is 8.42. The number of rotatable bonds is 12. The summed E-state index contributed by atoms with van der Waals surface area (Å²) in [5.74, 6) is 0.673. The number of benzene rings is 1. The summed E-state index contributed by atoms with van der Waals surface area (Å²) in [6.45, 7) is 3.92. The van der Waals surface area contributed by atoms with Gasteiger partial charge in [0.25, 0.3) is 0 Å². The first kappa shape index (κ1) is 19.3. The van der Waals surface area contributed by atoms with Crippen molar-refractivity contribution >= 4 is 11.6 Å². The molecule has 0 fully saturated rings. The summed E-state index contributed by atoms with van der Waals surface area (Å²) in [4.78, 5) is 11.7. The molecule has 0 aliphatic carbocycles. The average Bonchev–Trinajstić information content (AvgIpc) is 2.54. The summed E-state index contributed by atoms with van der Waals surface area (Å²) >= 11 is 0. The van der Waals surface area contributed by atoms with Crippen LogP contribution in [0.3, 0.4) is 0 Å². The minimum absolute atomic E-state index is 0.00643. The fraction of sp³-hybridized carbons (Fsp3) is 0.588. The number of aryl methyl sites for hydroxylation is 1. The number of amides is 1. The van der Waals surface area contributed by atoms with E-state index in [0.717, 1.165) is 18.4 Å². The molecule has 1 amide bonds. The molecule has 0 unspecified atom stereocenters. The standard InChI is InChI=1S/C17H28N2O4/c1-2-3-10-23-16-6-4-14(13-15(16)18)5-7-17(21)19-8-11-22-12-9-20/h4,6,13,20H,2-3,5,7-12,18H2,1H3,(H,19,21). The first-order valence-electron chi connectivity index (χ1n) is 8.13. The predicted molar refractivity (Wildman–Crippen MR) is 90.5 cm³/mol. The van der Waals surface area contributed by atoms with E-state index >= 15 is 0 Å². The topological polar surface area (TPSA) is 93.8 Å². The van der Waals surface area contributed by atoms with Crippen molar-refractivity contribution in [2.75, 3.05) is 38.7 Å². The molecular weight excluding hydrogens is 296 g/mol. The lowest BCUT2D eigenvalue weighted by Crippen LogP contribution is -2.27. The number of hydrogen-bond donors (Lipinski definition) is 3. The van der Waals surface area contributed by atoms with Crippen molar-refractivity contribution in [1.29, 1.82) is 0 Å². The summed E-state index contributed by atoms with van der Waals surface area (Å²) in [5, 5.41) is 11.3. The summed E-state index contributed by atoms with van der Waals surface area (Å²) in [6, 6.07) is 5.66. The molecule has 0 spiro atoms. The lowest BCUT2D eigenvalue weighted by atomic mass is 10.1. The van der Waals surface area contributed by atoms with E-state index in [1.807, 2.05) is 18.2 Å². The molecule has 0 saturated heterocycles. The Bertz CT molecular complexity index is 466. The Hall–Kier alpha value is -1.79. The number of unbranched alkanes of at least 4 members (excludes halogenated alkanes) is 1. The van der Waals surface area contributed by atoms with Crippen LogP contribution in [-0.2, 0) is 16.0 Å². The number of hydrogen-bond acceptors (Lipinski definition) is 5. The summed E-state index contributed by atoms with van der Waals surface area (Å²) in [7, 11) is 0. The van der Waals surface area contributed by atoms with Crippen molar-refractivity contribution in [1.82, 2.24) is 5.32 Å². The van der Waals surface area contributed by atoms with Crippen molar-refractivity contribution in [3.63, 3.8) is 0 Å². The van der Waals surface area contributed by atoms with E-state index < -0.39 is 0 Å².